The molecule has 15 heavy (non-hydrogen) atoms. The monoisotopic (exact) mass is 215 g/mol. The van der Waals surface area contributed by atoms with E-state index in [-0.39, 0.29) is 0 Å². The van der Waals surface area contributed by atoms with Crippen LogP contribution < -0.4 is 5.32 Å². The summed E-state index contributed by atoms with van der Waals surface area (Å²) in [4.78, 5) is 0. The van der Waals surface area contributed by atoms with Crippen LogP contribution in [0.4, 0.5) is 0 Å². The molecule has 0 radical (unpaired) electrons. The standard InChI is InChI=1S/C13H29NO/c1-4-9-13(14-11-5-2)10-7-8-12-15-6-3/h13-14H,4-12H2,1-3H3. The van der Waals surface area contributed by atoms with Crippen molar-refractivity contribution in [2.75, 3.05) is 19.8 Å². The fourth-order valence-corrected chi connectivity index (χ4v) is 1.78. The maximum atomic E-state index is 5.34. The van der Waals surface area contributed by atoms with Gasteiger partial charge in [-0.25, -0.2) is 0 Å². The lowest BCUT2D eigenvalue weighted by Crippen LogP contribution is -2.29. The Balaban J connectivity index is 3.38. The molecular weight excluding hydrogens is 186 g/mol. The molecule has 0 aliphatic carbocycles. The minimum absolute atomic E-state index is 0.733. The molecule has 0 spiro atoms. The van der Waals surface area contributed by atoms with Crippen molar-refractivity contribution in [3.8, 4) is 0 Å². The Bertz CT molecular complexity index is 117. The molecule has 1 atom stereocenters. The van der Waals surface area contributed by atoms with Gasteiger partial charge in [0.15, 0.2) is 0 Å². The minimum atomic E-state index is 0.733. The van der Waals surface area contributed by atoms with Gasteiger partial charge in [-0.3, -0.25) is 0 Å². The fraction of sp³-hybridized carbons (Fsp3) is 1.00. The first-order valence-electron chi connectivity index (χ1n) is 6.66. The molecule has 0 aromatic heterocycles. The molecule has 1 unspecified atom stereocenters. The molecule has 2 nitrogen and oxygen atoms in total. The normalized spacial score (nSPS) is 13.0. The van der Waals surface area contributed by atoms with Gasteiger partial charge in [-0.2, -0.15) is 0 Å². The number of ether oxygens (including phenoxy) is 1. The molecule has 0 aliphatic heterocycles. The van der Waals surface area contributed by atoms with E-state index in [1.54, 1.807) is 0 Å². The summed E-state index contributed by atoms with van der Waals surface area (Å²) in [6, 6.07) is 0.733. The lowest BCUT2D eigenvalue weighted by atomic mass is 10.0. The number of hydrogen-bond donors (Lipinski definition) is 1. The Morgan fingerprint density at radius 1 is 1.00 bits per heavy atom. The summed E-state index contributed by atoms with van der Waals surface area (Å²) in [5.74, 6) is 0. The van der Waals surface area contributed by atoms with E-state index in [2.05, 4.69) is 26.1 Å². The zero-order chi connectivity index (χ0) is 11.4. The van der Waals surface area contributed by atoms with Crippen LogP contribution in [0.25, 0.3) is 0 Å². The van der Waals surface area contributed by atoms with Gasteiger partial charge in [-0.1, -0.05) is 20.3 Å². The fourth-order valence-electron chi connectivity index (χ4n) is 1.78. The van der Waals surface area contributed by atoms with Crippen molar-refractivity contribution in [3.63, 3.8) is 0 Å². The first kappa shape index (κ1) is 14.9. The van der Waals surface area contributed by atoms with Gasteiger partial charge in [0.25, 0.3) is 0 Å². The molecule has 0 aliphatic rings. The second-order valence-corrected chi connectivity index (χ2v) is 4.13. The third-order valence-electron chi connectivity index (χ3n) is 2.62. The number of nitrogens with one attached hydrogen (secondary N) is 1. The summed E-state index contributed by atoms with van der Waals surface area (Å²) < 4.78 is 5.34. The molecule has 92 valence electrons. The lowest BCUT2D eigenvalue weighted by Gasteiger charge is -2.17. The zero-order valence-corrected chi connectivity index (χ0v) is 10.8. The lowest BCUT2D eigenvalue weighted by molar-refractivity contribution is 0.142. The van der Waals surface area contributed by atoms with Crippen molar-refractivity contribution < 1.29 is 4.74 Å². The number of rotatable bonds is 11. The largest absolute Gasteiger partial charge is 0.382 e. The van der Waals surface area contributed by atoms with E-state index < -0.39 is 0 Å². The molecule has 0 amide bonds. The Morgan fingerprint density at radius 2 is 1.80 bits per heavy atom. The zero-order valence-electron chi connectivity index (χ0n) is 10.8. The van der Waals surface area contributed by atoms with E-state index in [9.17, 15) is 0 Å². The van der Waals surface area contributed by atoms with E-state index in [0.717, 1.165) is 25.8 Å². The van der Waals surface area contributed by atoms with Crippen LogP contribution in [-0.4, -0.2) is 25.8 Å². The summed E-state index contributed by atoms with van der Waals surface area (Å²) in [5, 5.41) is 3.62. The van der Waals surface area contributed by atoms with Crippen molar-refractivity contribution in [2.45, 2.75) is 65.3 Å². The maximum absolute atomic E-state index is 5.34. The predicted octanol–water partition coefficient (Wildman–Crippen LogP) is 3.36. The Morgan fingerprint density at radius 3 is 2.40 bits per heavy atom. The van der Waals surface area contributed by atoms with Crippen molar-refractivity contribution in [1.29, 1.82) is 0 Å². The Kier molecular flexibility index (Phi) is 11.9. The smallest absolute Gasteiger partial charge is 0.0465 e. The molecule has 1 N–H and O–H groups in total. The molecular formula is C13H29NO. The van der Waals surface area contributed by atoms with Gasteiger partial charge in [0, 0.05) is 19.3 Å². The summed E-state index contributed by atoms with van der Waals surface area (Å²) in [7, 11) is 0. The van der Waals surface area contributed by atoms with Gasteiger partial charge in [0.1, 0.15) is 0 Å². The second kappa shape index (κ2) is 12.0. The molecule has 0 rings (SSSR count). The maximum Gasteiger partial charge on any atom is 0.0465 e. The third kappa shape index (κ3) is 10.2. The van der Waals surface area contributed by atoms with Crippen LogP contribution in [0.5, 0.6) is 0 Å². The first-order valence-corrected chi connectivity index (χ1v) is 6.66. The van der Waals surface area contributed by atoms with Crippen LogP contribution in [0.2, 0.25) is 0 Å². The van der Waals surface area contributed by atoms with Crippen LogP contribution in [0.3, 0.4) is 0 Å². The average molecular weight is 215 g/mol. The van der Waals surface area contributed by atoms with Crippen molar-refractivity contribution in [1.82, 2.24) is 5.32 Å². The third-order valence-corrected chi connectivity index (χ3v) is 2.62. The molecule has 0 aromatic carbocycles. The predicted molar refractivity (Wildman–Crippen MR) is 67.3 cm³/mol. The highest BCUT2D eigenvalue weighted by atomic mass is 16.5. The van der Waals surface area contributed by atoms with Crippen LogP contribution in [0, 0.1) is 0 Å². The summed E-state index contributed by atoms with van der Waals surface area (Å²) in [6.07, 6.45) is 7.64. The van der Waals surface area contributed by atoms with Crippen LogP contribution in [0.1, 0.15) is 59.3 Å². The summed E-state index contributed by atoms with van der Waals surface area (Å²) in [6.45, 7) is 9.50. The quantitative estimate of drug-likeness (QED) is 0.534. The van der Waals surface area contributed by atoms with Gasteiger partial charge in [-0.05, 0) is 45.6 Å². The van der Waals surface area contributed by atoms with Crippen LogP contribution >= 0.6 is 0 Å². The molecule has 0 aromatic rings. The Hall–Kier alpha value is -0.0800. The number of unbranched alkanes of at least 4 members (excludes halogenated alkanes) is 1. The molecule has 0 saturated carbocycles. The average Bonchev–Trinajstić information content (AvgIpc) is 2.25. The van der Waals surface area contributed by atoms with E-state index in [1.165, 1.54) is 38.5 Å². The number of hydrogen-bond acceptors (Lipinski definition) is 2. The molecule has 2 heteroatoms. The van der Waals surface area contributed by atoms with Gasteiger partial charge in [0.2, 0.25) is 0 Å². The van der Waals surface area contributed by atoms with Gasteiger partial charge in [-0.15, -0.1) is 0 Å². The highest BCUT2D eigenvalue weighted by Gasteiger charge is 2.05. The van der Waals surface area contributed by atoms with Crippen molar-refractivity contribution >= 4 is 0 Å². The van der Waals surface area contributed by atoms with Gasteiger partial charge < -0.3 is 10.1 Å². The molecule has 0 fully saturated rings. The van der Waals surface area contributed by atoms with Gasteiger partial charge in [0.05, 0.1) is 0 Å². The first-order chi connectivity index (χ1) is 7.35. The van der Waals surface area contributed by atoms with Crippen LogP contribution in [-0.2, 0) is 4.74 Å². The topological polar surface area (TPSA) is 21.3 Å². The molecule has 0 saturated heterocycles. The highest BCUT2D eigenvalue weighted by molar-refractivity contribution is 4.65. The second-order valence-electron chi connectivity index (χ2n) is 4.13. The minimum Gasteiger partial charge on any atom is -0.382 e. The van der Waals surface area contributed by atoms with Crippen molar-refractivity contribution in [3.05, 3.63) is 0 Å². The van der Waals surface area contributed by atoms with Crippen molar-refractivity contribution in [2.24, 2.45) is 0 Å². The molecule has 0 heterocycles. The highest BCUT2D eigenvalue weighted by Crippen LogP contribution is 2.07. The van der Waals surface area contributed by atoms with Gasteiger partial charge >= 0.3 is 0 Å². The SMILES string of the molecule is CCCNC(CCC)CCCCOCC. The van der Waals surface area contributed by atoms with E-state index >= 15 is 0 Å². The van der Waals surface area contributed by atoms with E-state index in [1.807, 2.05) is 0 Å². The summed E-state index contributed by atoms with van der Waals surface area (Å²) >= 11 is 0. The Labute approximate surface area is 95.8 Å². The van der Waals surface area contributed by atoms with Crippen LogP contribution in [0.15, 0.2) is 0 Å². The van der Waals surface area contributed by atoms with E-state index in [0.29, 0.717) is 0 Å². The van der Waals surface area contributed by atoms with E-state index in [4.69, 9.17) is 4.74 Å². The summed E-state index contributed by atoms with van der Waals surface area (Å²) in [5.41, 5.74) is 0. The molecule has 0 bridgehead atoms.